The second kappa shape index (κ2) is 5.74. The Labute approximate surface area is 110 Å². The third-order valence-electron chi connectivity index (χ3n) is 3.34. The van der Waals surface area contributed by atoms with Crippen LogP contribution in [0.4, 0.5) is 5.82 Å². The molecule has 0 spiro atoms. The van der Waals surface area contributed by atoms with Gasteiger partial charge in [-0.15, -0.1) is 11.6 Å². The van der Waals surface area contributed by atoms with E-state index in [1.165, 1.54) is 25.6 Å². The molecule has 0 bridgehead atoms. The fraction of sp³-hybridized carbons (Fsp3) is 0.636. The minimum Gasteiger partial charge on any atom is -0.368 e. The standard InChI is InChI=1S/C11H15Cl2N3O/c12-4-7-2-1-3-8(7)5-14-10-9(13)11(17)16-6-15-10/h6-8H,1-5H2,(H2,14,15,16,17). The summed E-state index contributed by atoms with van der Waals surface area (Å²) < 4.78 is 0. The van der Waals surface area contributed by atoms with Crippen LogP contribution < -0.4 is 10.9 Å². The number of aromatic nitrogens is 2. The van der Waals surface area contributed by atoms with Crippen molar-refractivity contribution in [2.45, 2.75) is 19.3 Å². The lowest BCUT2D eigenvalue weighted by Crippen LogP contribution is -2.21. The van der Waals surface area contributed by atoms with E-state index in [1.807, 2.05) is 0 Å². The zero-order chi connectivity index (χ0) is 12.3. The first-order valence-electron chi connectivity index (χ1n) is 5.75. The number of rotatable bonds is 4. The monoisotopic (exact) mass is 275 g/mol. The van der Waals surface area contributed by atoms with E-state index in [0.29, 0.717) is 23.5 Å². The first-order chi connectivity index (χ1) is 8.22. The summed E-state index contributed by atoms with van der Waals surface area (Å²) in [6.45, 7) is 0.771. The molecule has 94 valence electrons. The number of H-pyrrole nitrogens is 1. The zero-order valence-electron chi connectivity index (χ0n) is 9.38. The van der Waals surface area contributed by atoms with E-state index in [-0.39, 0.29) is 10.6 Å². The highest BCUT2D eigenvalue weighted by atomic mass is 35.5. The quantitative estimate of drug-likeness (QED) is 0.831. The van der Waals surface area contributed by atoms with Crippen molar-refractivity contribution in [3.05, 3.63) is 21.7 Å². The van der Waals surface area contributed by atoms with Gasteiger partial charge in [0.15, 0.2) is 5.82 Å². The summed E-state index contributed by atoms with van der Waals surface area (Å²) in [6.07, 6.45) is 4.93. The van der Waals surface area contributed by atoms with Crippen molar-refractivity contribution in [1.82, 2.24) is 9.97 Å². The molecule has 1 heterocycles. The number of hydrogen-bond acceptors (Lipinski definition) is 3. The van der Waals surface area contributed by atoms with Gasteiger partial charge in [0, 0.05) is 12.4 Å². The van der Waals surface area contributed by atoms with E-state index in [1.54, 1.807) is 0 Å². The molecule has 0 saturated heterocycles. The zero-order valence-corrected chi connectivity index (χ0v) is 10.9. The van der Waals surface area contributed by atoms with Crippen LogP contribution >= 0.6 is 23.2 Å². The van der Waals surface area contributed by atoms with Gasteiger partial charge in [-0.25, -0.2) is 4.98 Å². The molecule has 4 nitrogen and oxygen atoms in total. The van der Waals surface area contributed by atoms with E-state index in [4.69, 9.17) is 23.2 Å². The Hall–Kier alpha value is -0.740. The predicted molar refractivity (Wildman–Crippen MR) is 69.9 cm³/mol. The maximum atomic E-state index is 11.3. The van der Waals surface area contributed by atoms with Gasteiger partial charge in [-0.3, -0.25) is 4.79 Å². The average Bonchev–Trinajstić information content (AvgIpc) is 2.78. The Morgan fingerprint density at radius 2 is 2.24 bits per heavy atom. The summed E-state index contributed by atoms with van der Waals surface area (Å²) >= 11 is 11.8. The summed E-state index contributed by atoms with van der Waals surface area (Å²) in [5.41, 5.74) is -0.315. The fourth-order valence-electron chi connectivity index (χ4n) is 2.32. The van der Waals surface area contributed by atoms with Crippen molar-refractivity contribution < 1.29 is 0 Å². The second-order valence-corrected chi connectivity index (χ2v) is 5.07. The number of anilines is 1. The molecule has 1 aliphatic carbocycles. The Bertz CT molecular complexity index is 435. The maximum Gasteiger partial charge on any atom is 0.271 e. The van der Waals surface area contributed by atoms with Crippen LogP contribution in [0, 0.1) is 11.8 Å². The third-order valence-corrected chi connectivity index (χ3v) is 4.09. The molecule has 2 atom stereocenters. The average molecular weight is 276 g/mol. The number of aromatic amines is 1. The van der Waals surface area contributed by atoms with Gasteiger partial charge in [-0.1, -0.05) is 18.0 Å². The Morgan fingerprint density at radius 3 is 3.00 bits per heavy atom. The molecule has 2 N–H and O–H groups in total. The molecule has 0 aliphatic heterocycles. The van der Waals surface area contributed by atoms with Gasteiger partial charge in [-0.05, 0) is 24.7 Å². The molecule has 1 saturated carbocycles. The normalized spacial score (nSPS) is 23.9. The van der Waals surface area contributed by atoms with Gasteiger partial charge in [0.05, 0.1) is 6.33 Å². The van der Waals surface area contributed by atoms with Gasteiger partial charge in [0.25, 0.3) is 5.56 Å². The third kappa shape index (κ3) is 2.93. The van der Waals surface area contributed by atoms with E-state index in [9.17, 15) is 4.79 Å². The molecule has 1 aromatic heterocycles. The van der Waals surface area contributed by atoms with E-state index in [0.717, 1.165) is 6.54 Å². The van der Waals surface area contributed by atoms with Gasteiger partial charge in [-0.2, -0.15) is 0 Å². The SMILES string of the molecule is O=c1[nH]cnc(NCC2CCCC2CCl)c1Cl. The molecular weight excluding hydrogens is 261 g/mol. The lowest BCUT2D eigenvalue weighted by molar-refractivity contribution is 0.444. The van der Waals surface area contributed by atoms with Gasteiger partial charge in [0.1, 0.15) is 5.02 Å². The van der Waals surface area contributed by atoms with Crippen molar-refractivity contribution in [2.24, 2.45) is 11.8 Å². The first-order valence-corrected chi connectivity index (χ1v) is 6.66. The van der Waals surface area contributed by atoms with Crippen molar-refractivity contribution >= 4 is 29.0 Å². The number of halogens is 2. The molecule has 0 aromatic carbocycles. The molecule has 1 fully saturated rings. The predicted octanol–water partition coefficient (Wildman–Crippen LogP) is 2.49. The van der Waals surface area contributed by atoms with Crippen molar-refractivity contribution in [3.63, 3.8) is 0 Å². The van der Waals surface area contributed by atoms with Gasteiger partial charge < -0.3 is 10.3 Å². The van der Waals surface area contributed by atoms with E-state index >= 15 is 0 Å². The Kier molecular flexibility index (Phi) is 4.29. The largest absolute Gasteiger partial charge is 0.368 e. The highest BCUT2D eigenvalue weighted by Crippen LogP contribution is 2.32. The van der Waals surface area contributed by atoms with Crippen molar-refractivity contribution in [2.75, 3.05) is 17.7 Å². The fourth-order valence-corrected chi connectivity index (χ4v) is 2.90. The summed E-state index contributed by atoms with van der Waals surface area (Å²) in [6, 6.07) is 0. The van der Waals surface area contributed by atoms with Crippen LogP contribution in [0.2, 0.25) is 5.02 Å². The molecule has 6 heteroatoms. The highest BCUT2D eigenvalue weighted by molar-refractivity contribution is 6.32. The van der Waals surface area contributed by atoms with Crippen LogP contribution in [0.3, 0.4) is 0 Å². The summed E-state index contributed by atoms with van der Waals surface area (Å²) in [5.74, 6) is 2.26. The minimum atomic E-state index is -0.315. The molecule has 1 aliphatic rings. The number of hydrogen-bond donors (Lipinski definition) is 2. The second-order valence-electron chi connectivity index (χ2n) is 4.38. The molecule has 2 rings (SSSR count). The lowest BCUT2D eigenvalue weighted by Gasteiger charge is -2.18. The summed E-state index contributed by atoms with van der Waals surface area (Å²) in [7, 11) is 0. The van der Waals surface area contributed by atoms with Crippen LogP contribution in [0.1, 0.15) is 19.3 Å². The maximum absolute atomic E-state index is 11.3. The lowest BCUT2D eigenvalue weighted by atomic mass is 9.98. The van der Waals surface area contributed by atoms with Crippen LogP contribution in [-0.2, 0) is 0 Å². The summed E-state index contributed by atoms with van der Waals surface area (Å²) in [4.78, 5) is 17.7. The number of nitrogens with one attached hydrogen (secondary N) is 2. The Morgan fingerprint density at radius 1 is 1.47 bits per heavy atom. The number of nitrogens with zero attached hydrogens (tertiary/aromatic N) is 1. The van der Waals surface area contributed by atoms with Gasteiger partial charge in [0.2, 0.25) is 0 Å². The first kappa shape index (κ1) is 12.7. The number of alkyl halides is 1. The highest BCUT2D eigenvalue weighted by Gasteiger charge is 2.26. The van der Waals surface area contributed by atoms with Crippen molar-refractivity contribution in [1.29, 1.82) is 0 Å². The molecule has 0 amide bonds. The van der Waals surface area contributed by atoms with Crippen molar-refractivity contribution in [3.8, 4) is 0 Å². The van der Waals surface area contributed by atoms with Gasteiger partial charge >= 0.3 is 0 Å². The summed E-state index contributed by atoms with van der Waals surface area (Å²) in [5, 5.41) is 3.26. The topological polar surface area (TPSA) is 57.8 Å². The van der Waals surface area contributed by atoms with Crippen LogP contribution in [0.15, 0.2) is 11.1 Å². The Balaban J connectivity index is 1.98. The minimum absolute atomic E-state index is 0.118. The molecular formula is C11H15Cl2N3O. The molecule has 1 aromatic rings. The van der Waals surface area contributed by atoms with Crippen LogP contribution in [0.25, 0.3) is 0 Å². The smallest absolute Gasteiger partial charge is 0.271 e. The van der Waals surface area contributed by atoms with E-state index in [2.05, 4.69) is 15.3 Å². The van der Waals surface area contributed by atoms with E-state index < -0.39 is 0 Å². The van der Waals surface area contributed by atoms with Crippen LogP contribution in [0.5, 0.6) is 0 Å². The molecule has 17 heavy (non-hydrogen) atoms. The molecule has 0 radical (unpaired) electrons. The molecule has 2 unspecified atom stereocenters. The van der Waals surface area contributed by atoms with Crippen LogP contribution in [-0.4, -0.2) is 22.4 Å².